The second kappa shape index (κ2) is 4.80. The van der Waals surface area contributed by atoms with E-state index in [9.17, 15) is 9.59 Å². The lowest BCUT2D eigenvalue weighted by Crippen LogP contribution is -2.44. The molecule has 4 atom stereocenters. The number of nitrogens with zero attached hydrogens (tertiary/aromatic N) is 1. The van der Waals surface area contributed by atoms with Gasteiger partial charge in [-0.1, -0.05) is 13.2 Å². The molecule has 0 aromatic heterocycles. The number of carbonyl (C=O) groups is 2. The van der Waals surface area contributed by atoms with Crippen molar-refractivity contribution < 1.29 is 19.1 Å². The monoisotopic (exact) mass is 303 g/mol. The van der Waals surface area contributed by atoms with Crippen LogP contribution in [0.4, 0.5) is 0 Å². The van der Waals surface area contributed by atoms with Crippen molar-refractivity contribution in [3.63, 3.8) is 0 Å². The zero-order valence-corrected chi connectivity index (χ0v) is 12.9. The van der Waals surface area contributed by atoms with E-state index in [1.54, 1.807) is 6.92 Å². The fourth-order valence-electron chi connectivity index (χ4n) is 4.62. The molecule has 4 bridgehead atoms. The lowest BCUT2D eigenvalue weighted by Gasteiger charge is -2.39. The highest BCUT2D eigenvalue weighted by Gasteiger charge is 2.68. The van der Waals surface area contributed by atoms with Crippen molar-refractivity contribution in [2.75, 3.05) is 0 Å². The molecule has 118 valence electrons. The van der Waals surface area contributed by atoms with Gasteiger partial charge in [-0.05, 0) is 45.2 Å². The third-order valence-electron chi connectivity index (χ3n) is 5.28. The molecule has 0 saturated heterocycles. The first kappa shape index (κ1) is 15.0. The van der Waals surface area contributed by atoms with E-state index in [0.29, 0.717) is 17.9 Å². The molecule has 0 heterocycles. The predicted octanol–water partition coefficient (Wildman–Crippen LogP) is 2.56. The zero-order valence-electron chi connectivity index (χ0n) is 12.9. The topological polar surface area (TPSA) is 65.0 Å². The molecule has 4 aliphatic carbocycles. The second-order valence-corrected chi connectivity index (χ2v) is 7.00. The molecule has 0 amide bonds. The molecular formula is C17H21NO4. The van der Waals surface area contributed by atoms with Gasteiger partial charge in [0.2, 0.25) is 0 Å². The molecule has 0 spiro atoms. The highest BCUT2D eigenvalue weighted by molar-refractivity contribution is 5.89. The number of ether oxygens (including phenoxy) is 2. The molecular weight excluding hydrogens is 282 g/mol. The summed E-state index contributed by atoms with van der Waals surface area (Å²) in [7, 11) is 0. The van der Waals surface area contributed by atoms with E-state index in [4.69, 9.17) is 9.47 Å². The lowest BCUT2D eigenvalue weighted by molar-refractivity contribution is -0.169. The van der Waals surface area contributed by atoms with Crippen LogP contribution in [0.3, 0.4) is 0 Å². The van der Waals surface area contributed by atoms with Crippen molar-refractivity contribution in [1.82, 2.24) is 0 Å². The van der Waals surface area contributed by atoms with Crippen LogP contribution in [0.5, 0.6) is 0 Å². The third kappa shape index (κ3) is 2.19. The van der Waals surface area contributed by atoms with E-state index in [1.807, 2.05) is 0 Å². The number of hydrogen-bond acceptors (Lipinski definition) is 5. The first-order chi connectivity index (χ1) is 10.3. The van der Waals surface area contributed by atoms with Crippen molar-refractivity contribution in [2.45, 2.75) is 50.2 Å². The van der Waals surface area contributed by atoms with Gasteiger partial charge < -0.3 is 9.47 Å². The predicted molar refractivity (Wildman–Crippen MR) is 81.2 cm³/mol. The Morgan fingerprint density at radius 3 is 2.50 bits per heavy atom. The number of rotatable bonds is 5. The SMILES string of the molecule is C=NC(=C)C(=O)OC12CC3CC(C1)C(OC(=O)C(=C)C)(C3)C2. The van der Waals surface area contributed by atoms with Gasteiger partial charge in [0.05, 0.1) is 0 Å². The molecule has 4 unspecified atom stereocenters. The number of hydrogen-bond donors (Lipinski definition) is 0. The van der Waals surface area contributed by atoms with Crippen LogP contribution in [0.2, 0.25) is 0 Å². The summed E-state index contributed by atoms with van der Waals surface area (Å²) in [5, 5.41) is 0. The molecule has 4 aliphatic rings. The first-order valence-electron chi connectivity index (χ1n) is 7.57. The van der Waals surface area contributed by atoms with E-state index in [1.165, 1.54) is 0 Å². The third-order valence-corrected chi connectivity index (χ3v) is 5.28. The maximum absolute atomic E-state index is 12.0. The fraction of sp³-hybridized carbons (Fsp3) is 0.588. The van der Waals surface area contributed by atoms with Crippen LogP contribution in [-0.2, 0) is 19.1 Å². The van der Waals surface area contributed by atoms with Crippen molar-refractivity contribution in [3.8, 4) is 0 Å². The average Bonchev–Trinajstić information content (AvgIpc) is 2.79. The van der Waals surface area contributed by atoms with Crippen LogP contribution in [0.25, 0.3) is 0 Å². The summed E-state index contributed by atoms with van der Waals surface area (Å²) in [6.45, 7) is 12.1. The van der Waals surface area contributed by atoms with E-state index < -0.39 is 17.2 Å². The van der Waals surface area contributed by atoms with Crippen molar-refractivity contribution in [3.05, 3.63) is 24.4 Å². The first-order valence-corrected chi connectivity index (χ1v) is 7.57. The van der Waals surface area contributed by atoms with Gasteiger partial charge in [0, 0.05) is 17.9 Å². The van der Waals surface area contributed by atoms with E-state index in [0.717, 1.165) is 25.7 Å². The van der Waals surface area contributed by atoms with Crippen LogP contribution >= 0.6 is 0 Å². The minimum Gasteiger partial charge on any atom is -0.455 e. The standard InChI is InChI=1S/C17H21NO4/c1-10(2)14(19)22-17-7-12-5-13(17)8-16(6-12,9-17)21-15(20)11(3)18-4/h12-13H,1,3-9H2,2H3. The fourth-order valence-corrected chi connectivity index (χ4v) is 4.62. The number of esters is 2. The van der Waals surface area contributed by atoms with Crippen molar-refractivity contribution >= 4 is 18.7 Å². The molecule has 0 aliphatic heterocycles. The van der Waals surface area contributed by atoms with Crippen molar-refractivity contribution in [1.29, 1.82) is 0 Å². The lowest BCUT2D eigenvalue weighted by atomic mass is 9.77. The molecule has 5 nitrogen and oxygen atoms in total. The van der Waals surface area contributed by atoms with Crippen molar-refractivity contribution in [2.24, 2.45) is 16.8 Å². The summed E-state index contributed by atoms with van der Waals surface area (Å²) >= 11 is 0. The Morgan fingerprint density at radius 2 is 1.86 bits per heavy atom. The quantitative estimate of drug-likeness (QED) is 0.445. The van der Waals surface area contributed by atoms with Gasteiger partial charge in [0.25, 0.3) is 0 Å². The molecule has 0 aromatic carbocycles. The molecule has 0 radical (unpaired) electrons. The summed E-state index contributed by atoms with van der Waals surface area (Å²) in [5.41, 5.74) is -0.630. The smallest absolute Gasteiger partial charge is 0.356 e. The van der Waals surface area contributed by atoms with Crippen LogP contribution in [-0.4, -0.2) is 29.9 Å². The molecule has 0 aromatic rings. The number of aliphatic imine (C=N–C) groups is 1. The Kier molecular flexibility index (Phi) is 3.27. The molecule has 4 fully saturated rings. The Labute approximate surface area is 130 Å². The molecule has 5 heteroatoms. The molecule has 4 rings (SSSR count). The van der Waals surface area contributed by atoms with E-state index in [-0.39, 0.29) is 17.6 Å². The highest BCUT2D eigenvalue weighted by Crippen LogP contribution is 2.65. The zero-order chi connectivity index (χ0) is 16.1. The van der Waals surface area contributed by atoms with Crippen LogP contribution in [0, 0.1) is 11.8 Å². The minimum atomic E-state index is -0.550. The summed E-state index contributed by atoms with van der Waals surface area (Å²) < 4.78 is 11.5. The summed E-state index contributed by atoms with van der Waals surface area (Å²) in [6.07, 6.45) is 4.02. The van der Waals surface area contributed by atoms with Gasteiger partial charge in [-0.15, -0.1) is 0 Å². The molecule has 0 N–H and O–H groups in total. The summed E-state index contributed by atoms with van der Waals surface area (Å²) in [4.78, 5) is 27.5. The maximum atomic E-state index is 12.0. The Hall–Kier alpha value is -1.91. The van der Waals surface area contributed by atoms with E-state index >= 15 is 0 Å². The van der Waals surface area contributed by atoms with Gasteiger partial charge in [-0.3, -0.25) is 4.99 Å². The maximum Gasteiger partial charge on any atom is 0.356 e. The van der Waals surface area contributed by atoms with Crippen LogP contribution in [0.1, 0.15) is 39.0 Å². The van der Waals surface area contributed by atoms with Gasteiger partial charge >= 0.3 is 11.9 Å². The Morgan fingerprint density at radius 1 is 1.14 bits per heavy atom. The van der Waals surface area contributed by atoms with Gasteiger partial charge in [0.15, 0.2) is 0 Å². The molecule has 22 heavy (non-hydrogen) atoms. The Balaban J connectivity index is 1.80. The average molecular weight is 303 g/mol. The largest absolute Gasteiger partial charge is 0.455 e. The van der Waals surface area contributed by atoms with Gasteiger partial charge in [-0.2, -0.15) is 0 Å². The minimum absolute atomic E-state index is 0.0186. The second-order valence-electron chi connectivity index (χ2n) is 7.00. The molecule has 4 saturated carbocycles. The van der Waals surface area contributed by atoms with Gasteiger partial charge in [-0.25, -0.2) is 9.59 Å². The summed E-state index contributed by atoms with van der Waals surface area (Å²) in [5.74, 6) is -0.194. The van der Waals surface area contributed by atoms with Crippen LogP contribution in [0.15, 0.2) is 29.4 Å². The Bertz CT molecular complexity index is 595. The van der Waals surface area contributed by atoms with Crippen LogP contribution < -0.4 is 0 Å². The summed E-state index contributed by atoms with van der Waals surface area (Å²) in [6, 6.07) is 0. The highest BCUT2D eigenvalue weighted by atomic mass is 16.6. The number of carbonyl (C=O) groups excluding carboxylic acids is 2. The normalized spacial score (nSPS) is 37.7. The van der Waals surface area contributed by atoms with E-state index in [2.05, 4.69) is 24.9 Å². The van der Waals surface area contributed by atoms with Gasteiger partial charge in [0.1, 0.15) is 16.9 Å².